The van der Waals surface area contributed by atoms with Crippen LogP contribution in [-0.2, 0) is 4.84 Å². The van der Waals surface area contributed by atoms with Gasteiger partial charge in [0.25, 0.3) is 0 Å². The molecule has 1 aromatic rings. The van der Waals surface area contributed by atoms with Gasteiger partial charge in [0.1, 0.15) is 0 Å². The number of pyridine rings is 1. The molecule has 0 spiro atoms. The van der Waals surface area contributed by atoms with Gasteiger partial charge in [-0.05, 0) is 24.5 Å². The molecule has 70 valence electrons. The SMILES string of the molecule is Cc1cncc([C@@H]2CCON2C)c1. The lowest BCUT2D eigenvalue weighted by molar-refractivity contribution is -0.110. The van der Waals surface area contributed by atoms with Crippen molar-refractivity contribution < 1.29 is 4.84 Å². The minimum absolute atomic E-state index is 0.382. The molecule has 0 saturated carbocycles. The number of rotatable bonds is 1. The van der Waals surface area contributed by atoms with Gasteiger partial charge in [-0.15, -0.1) is 0 Å². The summed E-state index contributed by atoms with van der Waals surface area (Å²) in [6, 6.07) is 2.55. The minimum Gasteiger partial charge on any atom is -0.299 e. The Bertz CT molecular complexity index is 301. The predicted molar refractivity (Wildman–Crippen MR) is 50.0 cm³/mol. The van der Waals surface area contributed by atoms with Crippen molar-refractivity contribution in [1.29, 1.82) is 0 Å². The number of hydrogen-bond donors (Lipinski definition) is 0. The first-order valence-electron chi connectivity index (χ1n) is 4.54. The molecule has 2 rings (SSSR count). The average molecular weight is 178 g/mol. The second-order valence-corrected chi connectivity index (χ2v) is 3.48. The summed E-state index contributed by atoms with van der Waals surface area (Å²) in [6.45, 7) is 2.88. The molecule has 1 saturated heterocycles. The maximum absolute atomic E-state index is 5.37. The van der Waals surface area contributed by atoms with Gasteiger partial charge < -0.3 is 0 Å². The third-order valence-corrected chi connectivity index (χ3v) is 2.41. The maximum atomic E-state index is 5.37. The topological polar surface area (TPSA) is 25.4 Å². The lowest BCUT2D eigenvalue weighted by Crippen LogP contribution is -2.16. The molecule has 0 bridgehead atoms. The van der Waals surface area contributed by atoms with Crippen LogP contribution in [0.25, 0.3) is 0 Å². The van der Waals surface area contributed by atoms with Gasteiger partial charge in [-0.3, -0.25) is 9.82 Å². The van der Waals surface area contributed by atoms with Crippen molar-refractivity contribution in [1.82, 2.24) is 10.0 Å². The summed E-state index contributed by atoms with van der Waals surface area (Å²) in [5.74, 6) is 0. The Morgan fingerprint density at radius 2 is 2.38 bits per heavy atom. The fourth-order valence-electron chi connectivity index (χ4n) is 1.72. The van der Waals surface area contributed by atoms with E-state index in [0.717, 1.165) is 13.0 Å². The minimum atomic E-state index is 0.382. The van der Waals surface area contributed by atoms with Crippen LogP contribution in [-0.4, -0.2) is 23.7 Å². The number of hydroxylamine groups is 2. The quantitative estimate of drug-likeness (QED) is 0.654. The molecule has 3 heteroatoms. The second-order valence-electron chi connectivity index (χ2n) is 3.48. The zero-order chi connectivity index (χ0) is 9.26. The number of nitrogens with zero attached hydrogens (tertiary/aromatic N) is 2. The molecule has 13 heavy (non-hydrogen) atoms. The highest BCUT2D eigenvalue weighted by Crippen LogP contribution is 2.28. The largest absolute Gasteiger partial charge is 0.299 e. The third kappa shape index (κ3) is 1.71. The molecule has 0 aromatic carbocycles. The van der Waals surface area contributed by atoms with Crippen molar-refractivity contribution >= 4 is 0 Å². The molecule has 1 fully saturated rings. The highest BCUT2D eigenvalue weighted by atomic mass is 16.7. The molecule has 1 aliphatic heterocycles. The van der Waals surface area contributed by atoms with Gasteiger partial charge in [-0.2, -0.15) is 5.06 Å². The Hall–Kier alpha value is -0.930. The van der Waals surface area contributed by atoms with Gasteiger partial charge in [-0.25, -0.2) is 0 Å². The van der Waals surface area contributed by atoms with Gasteiger partial charge in [0.05, 0.1) is 12.6 Å². The second kappa shape index (κ2) is 3.44. The zero-order valence-corrected chi connectivity index (χ0v) is 8.03. The number of aromatic nitrogens is 1. The Kier molecular flexibility index (Phi) is 2.29. The van der Waals surface area contributed by atoms with Crippen LogP contribution in [0.1, 0.15) is 23.6 Å². The summed E-state index contributed by atoms with van der Waals surface area (Å²) < 4.78 is 0. The van der Waals surface area contributed by atoms with Crippen molar-refractivity contribution in [3.63, 3.8) is 0 Å². The van der Waals surface area contributed by atoms with Crippen molar-refractivity contribution in [2.45, 2.75) is 19.4 Å². The fourth-order valence-corrected chi connectivity index (χ4v) is 1.72. The highest BCUT2D eigenvalue weighted by Gasteiger charge is 2.23. The van der Waals surface area contributed by atoms with Crippen LogP contribution in [0.15, 0.2) is 18.5 Å². The van der Waals surface area contributed by atoms with Gasteiger partial charge in [0, 0.05) is 19.4 Å². The molecule has 0 aliphatic carbocycles. The third-order valence-electron chi connectivity index (χ3n) is 2.41. The van der Waals surface area contributed by atoms with Gasteiger partial charge >= 0.3 is 0 Å². The van der Waals surface area contributed by atoms with Gasteiger partial charge in [-0.1, -0.05) is 6.07 Å². The number of hydrogen-bond acceptors (Lipinski definition) is 3. The molecule has 0 amide bonds. The first kappa shape index (κ1) is 8.66. The average Bonchev–Trinajstić information content (AvgIpc) is 2.51. The first-order chi connectivity index (χ1) is 6.27. The summed E-state index contributed by atoms with van der Waals surface area (Å²) in [4.78, 5) is 9.55. The van der Waals surface area contributed by atoms with Crippen LogP contribution >= 0.6 is 0 Å². The molecule has 1 atom stereocenters. The molecule has 1 aromatic heterocycles. The monoisotopic (exact) mass is 178 g/mol. The van der Waals surface area contributed by atoms with Crippen molar-refractivity contribution in [3.8, 4) is 0 Å². The predicted octanol–water partition coefficient (Wildman–Crippen LogP) is 1.70. The van der Waals surface area contributed by atoms with E-state index in [0.29, 0.717) is 6.04 Å². The lowest BCUT2D eigenvalue weighted by atomic mass is 10.1. The van der Waals surface area contributed by atoms with Gasteiger partial charge in [0.15, 0.2) is 0 Å². The maximum Gasteiger partial charge on any atom is 0.0704 e. The van der Waals surface area contributed by atoms with Crippen LogP contribution in [0.2, 0.25) is 0 Å². The smallest absolute Gasteiger partial charge is 0.0704 e. The fraction of sp³-hybridized carbons (Fsp3) is 0.500. The molecule has 0 unspecified atom stereocenters. The number of aryl methyl sites for hydroxylation is 1. The van der Waals surface area contributed by atoms with E-state index < -0.39 is 0 Å². The molecule has 2 heterocycles. The van der Waals surface area contributed by atoms with Crippen LogP contribution in [0.4, 0.5) is 0 Å². The molecule has 0 radical (unpaired) electrons. The summed E-state index contributed by atoms with van der Waals surface area (Å²) in [5, 5.41) is 1.91. The van der Waals surface area contributed by atoms with Crippen LogP contribution in [0.3, 0.4) is 0 Å². The van der Waals surface area contributed by atoms with E-state index >= 15 is 0 Å². The van der Waals surface area contributed by atoms with E-state index in [-0.39, 0.29) is 0 Å². The molecular weight excluding hydrogens is 164 g/mol. The Morgan fingerprint density at radius 1 is 1.54 bits per heavy atom. The standard InChI is InChI=1S/C10H14N2O/c1-8-5-9(7-11-6-8)10-3-4-13-12(10)2/h5-7,10H,3-4H2,1-2H3/t10-/m0/s1. The van der Waals surface area contributed by atoms with Crippen molar-refractivity contribution in [2.75, 3.05) is 13.7 Å². The molecular formula is C10H14N2O. The normalized spacial score (nSPS) is 23.7. The lowest BCUT2D eigenvalue weighted by Gasteiger charge is -2.17. The Balaban J connectivity index is 2.24. The zero-order valence-electron chi connectivity index (χ0n) is 8.03. The molecule has 0 N–H and O–H groups in total. The Morgan fingerprint density at radius 3 is 3.00 bits per heavy atom. The summed E-state index contributed by atoms with van der Waals surface area (Å²) in [6.07, 6.45) is 4.85. The van der Waals surface area contributed by atoms with Crippen LogP contribution in [0.5, 0.6) is 0 Å². The highest BCUT2D eigenvalue weighted by molar-refractivity contribution is 5.20. The molecule has 1 aliphatic rings. The van der Waals surface area contributed by atoms with Crippen LogP contribution in [0, 0.1) is 6.92 Å². The van der Waals surface area contributed by atoms with Crippen molar-refractivity contribution in [2.24, 2.45) is 0 Å². The van der Waals surface area contributed by atoms with E-state index in [4.69, 9.17) is 4.84 Å². The summed E-state index contributed by atoms with van der Waals surface area (Å²) in [7, 11) is 1.97. The van der Waals surface area contributed by atoms with Crippen LogP contribution < -0.4 is 0 Å². The van der Waals surface area contributed by atoms with E-state index in [1.807, 2.05) is 24.5 Å². The van der Waals surface area contributed by atoms with E-state index in [2.05, 4.69) is 18.0 Å². The van der Waals surface area contributed by atoms with Crippen molar-refractivity contribution in [3.05, 3.63) is 29.6 Å². The first-order valence-corrected chi connectivity index (χ1v) is 4.54. The molecule has 3 nitrogen and oxygen atoms in total. The summed E-state index contributed by atoms with van der Waals surface area (Å²) in [5.41, 5.74) is 2.46. The van der Waals surface area contributed by atoms with E-state index in [9.17, 15) is 0 Å². The summed E-state index contributed by atoms with van der Waals surface area (Å²) >= 11 is 0. The Labute approximate surface area is 78.3 Å². The van der Waals surface area contributed by atoms with E-state index in [1.54, 1.807) is 0 Å². The van der Waals surface area contributed by atoms with E-state index in [1.165, 1.54) is 11.1 Å². The van der Waals surface area contributed by atoms with Gasteiger partial charge in [0.2, 0.25) is 0 Å².